The number of pyridine rings is 1. The first-order chi connectivity index (χ1) is 16.8. The molecule has 3 heterocycles. The summed E-state index contributed by atoms with van der Waals surface area (Å²) >= 11 is 0. The number of piperidine rings is 1. The lowest BCUT2D eigenvalue weighted by molar-refractivity contribution is -0.122. The molecular formula is C25H31FN6O3. The summed E-state index contributed by atoms with van der Waals surface area (Å²) in [5.41, 5.74) is 0.980. The van der Waals surface area contributed by atoms with E-state index in [1.807, 2.05) is 13.8 Å². The van der Waals surface area contributed by atoms with Crippen molar-refractivity contribution in [2.45, 2.75) is 39.7 Å². The van der Waals surface area contributed by atoms with Crippen LogP contribution in [0.2, 0.25) is 0 Å². The Bertz CT molecular complexity index is 1280. The zero-order valence-electron chi connectivity index (χ0n) is 20.5. The Hall–Kier alpha value is -3.69. The van der Waals surface area contributed by atoms with Crippen LogP contribution in [0.5, 0.6) is 5.75 Å². The molecule has 4 rings (SSSR count). The van der Waals surface area contributed by atoms with E-state index in [0.29, 0.717) is 28.5 Å². The summed E-state index contributed by atoms with van der Waals surface area (Å²) in [6.45, 7) is 7.44. The number of halogens is 1. The molecule has 10 heteroatoms. The van der Waals surface area contributed by atoms with Crippen molar-refractivity contribution < 1.29 is 13.9 Å². The number of anilines is 3. The minimum atomic E-state index is -0.555. The molecule has 3 aromatic rings. The number of nitrogens with zero attached hydrogens (tertiary/aromatic N) is 4. The van der Waals surface area contributed by atoms with E-state index in [1.165, 1.54) is 13.2 Å². The van der Waals surface area contributed by atoms with Crippen molar-refractivity contribution in [2.75, 3.05) is 37.0 Å². The summed E-state index contributed by atoms with van der Waals surface area (Å²) in [6, 6.07) is 6.83. The quantitative estimate of drug-likeness (QED) is 0.530. The Morgan fingerprint density at radius 2 is 2.00 bits per heavy atom. The lowest BCUT2D eigenvalue weighted by Gasteiger charge is -2.30. The van der Waals surface area contributed by atoms with Crippen LogP contribution in [0.3, 0.4) is 0 Å². The molecule has 2 aromatic heterocycles. The van der Waals surface area contributed by atoms with E-state index in [0.717, 1.165) is 25.9 Å². The van der Waals surface area contributed by atoms with Gasteiger partial charge in [0.25, 0.3) is 11.5 Å². The van der Waals surface area contributed by atoms with E-state index in [4.69, 9.17) is 4.74 Å². The van der Waals surface area contributed by atoms with E-state index in [2.05, 4.69) is 32.4 Å². The van der Waals surface area contributed by atoms with E-state index in [1.54, 1.807) is 28.8 Å². The molecule has 0 atom stereocenters. The zero-order valence-corrected chi connectivity index (χ0v) is 20.5. The van der Waals surface area contributed by atoms with Gasteiger partial charge in [-0.25, -0.2) is 9.37 Å². The Balaban J connectivity index is 1.66. The Kier molecular flexibility index (Phi) is 7.18. The Morgan fingerprint density at radius 1 is 1.26 bits per heavy atom. The van der Waals surface area contributed by atoms with Gasteiger partial charge in [-0.1, -0.05) is 6.92 Å². The number of rotatable bonds is 7. The highest BCUT2D eigenvalue weighted by atomic mass is 19.1. The fraction of sp³-hybridized carbons (Fsp3) is 0.440. The number of carbonyl (C=O) groups is 1. The van der Waals surface area contributed by atoms with Crippen LogP contribution in [0.15, 0.2) is 35.3 Å². The van der Waals surface area contributed by atoms with Crippen LogP contribution in [0, 0.1) is 11.7 Å². The molecule has 9 nitrogen and oxygen atoms in total. The monoisotopic (exact) mass is 482 g/mol. The number of carbonyl (C=O) groups excluding carboxylic acids is 1. The fourth-order valence-corrected chi connectivity index (χ4v) is 4.17. The maximum absolute atomic E-state index is 14.6. The van der Waals surface area contributed by atoms with Crippen molar-refractivity contribution >= 4 is 34.3 Å². The van der Waals surface area contributed by atoms with Crippen LogP contribution in [-0.4, -0.2) is 47.2 Å². The third-order valence-corrected chi connectivity index (χ3v) is 6.22. The molecule has 1 amide bonds. The molecule has 1 fully saturated rings. The summed E-state index contributed by atoms with van der Waals surface area (Å²) in [5.74, 6) is 0.425. The maximum atomic E-state index is 14.6. The molecule has 1 aliphatic rings. The molecule has 1 aliphatic heterocycles. The number of nitrogens with one attached hydrogen (secondary N) is 2. The van der Waals surface area contributed by atoms with Gasteiger partial charge in [0.1, 0.15) is 0 Å². The smallest absolute Gasteiger partial charge is 0.293 e. The van der Waals surface area contributed by atoms with Crippen LogP contribution in [0.4, 0.5) is 21.8 Å². The molecule has 35 heavy (non-hydrogen) atoms. The number of benzene rings is 1. The van der Waals surface area contributed by atoms with Crippen LogP contribution in [0.25, 0.3) is 10.9 Å². The molecule has 1 saturated heterocycles. The average molecular weight is 483 g/mol. The average Bonchev–Trinajstić information content (AvgIpc) is 2.84. The molecule has 0 spiro atoms. The zero-order chi connectivity index (χ0) is 25.1. The van der Waals surface area contributed by atoms with Crippen molar-refractivity contribution in [1.82, 2.24) is 19.9 Å². The normalized spacial score (nSPS) is 14.4. The summed E-state index contributed by atoms with van der Waals surface area (Å²) in [7, 11) is 1.50. The first kappa shape index (κ1) is 24.4. The minimum absolute atomic E-state index is 0.0711. The highest BCUT2D eigenvalue weighted by Crippen LogP contribution is 2.27. The molecule has 0 saturated carbocycles. The predicted molar refractivity (Wildman–Crippen MR) is 134 cm³/mol. The highest BCUT2D eigenvalue weighted by Gasteiger charge is 2.20. The number of likely N-dealkylation sites (N-methyl/N-ethyl adjacent to an activating group) is 1. The SMILES string of the molecule is CNC(=O)COc1cc2cc(Nc3nc(N4CCC(C)CC4)ncc3F)ccc2n(C(C)C)c1=O. The van der Waals surface area contributed by atoms with Crippen molar-refractivity contribution in [1.29, 1.82) is 0 Å². The minimum Gasteiger partial charge on any atom is -0.478 e. The van der Waals surface area contributed by atoms with E-state index < -0.39 is 5.82 Å². The van der Waals surface area contributed by atoms with Gasteiger partial charge in [-0.05, 0) is 56.9 Å². The number of amides is 1. The van der Waals surface area contributed by atoms with Crippen LogP contribution >= 0.6 is 0 Å². The van der Waals surface area contributed by atoms with Gasteiger partial charge < -0.3 is 24.8 Å². The molecule has 0 aliphatic carbocycles. The second kappa shape index (κ2) is 10.3. The molecule has 0 unspecified atom stereocenters. The summed E-state index contributed by atoms with van der Waals surface area (Å²) < 4.78 is 21.7. The van der Waals surface area contributed by atoms with Gasteiger partial charge in [0, 0.05) is 37.3 Å². The van der Waals surface area contributed by atoms with E-state index >= 15 is 0 Å². The molecule has 1 aromatic carbocycles. The first-order valence-corrected chi connectivity index (χ1v) is 11.8. The van der Waals surface area contributed by atoms with E-state index in [9.17, 15) is 14.0 Å². The van der Waals surface area contributed by atoms with Crippen molar-refractivity contribution in [3.63, 3.8) is 0 Å². The van der Waals surface area contributed by atoms with Crippen LogP contribution in [0.1, 0.15) is 39.7 Å². The second-order valence-electron chi connectivity index (χ2n) is 9.17. The molecule has 0 bridgehead atoms. The molecule has 2 N–H and O–H groups in total. The highest BCUT2D eigenvalue weighted by molar-refractivity contribution is 5.85. The van der Waals surface area contributed by atoms with E-state index in [-0.39, 0.29) is 35.7 Å². The van der Waals surface area contributed by atoms with Crippen LogP contribution < -0.4 is 25.8 Å². The van der Waals surface area contributed by atoms with Crippen molar-refractivity contribution in [3.05, 3.63) is 46.6 Å². The maximum Gasteiger partial charge on any atom is 0.293 e. The van der Waals surface area contributed by atoms with Gasteiger partial charge in [-0.2, -0.15) is 4.98 Å². The number of hydrogen-bond acceptors (Lipinski definition) is 7. The number of fused-ring (bicyclic) bond motifs is 1. The molecule has 186 valence electrons. The fourth-order valence-electron chi connectivity index (χ4n) is 4.17. The summed E-state index contributed by atoms with van der Waals surface area (Å²) in [4.78, 5) is 35.3. The van der Waals surface area contributed by atoms with Gasteiger partial charge in [-0.3, -0.25) is 9.59 Å². The van der Waals surface area contributed by atoms with Crippen molar-refractivity contribution in [2.24, 2.45) is 5.92 Å². The van der Waals surface area contributed by atoms with Gasteiger partial charge >= 0.3 is 0 Å². The number of aromatic nitrogens is 3. The molecule has 0 radical (unpaired) electrons. The van der Waals surface area contributed by atoms with Gasteiger partial charge in [-0.15, -0.1) is 0 Å². The lowest BCUT2D eigenvalue weighted by atomic mass is 10.00. The van der Waals surface area contributed by atoms with Gasteiger partial charge in [0.2, 0.25) is 5.95 Å². The predicted octanol–water partition coefficient (Wildman–Crippen LogP) is 3.62. The number of ether oxygens (including phenoxy) is 1. The largest absolute Gasteiger partial charge is 0.478 e. The van der Waals surface area contributed by atoms with Crippen LogP contribution in [-0.2, 0) is 4.79 Å². The second-order valence-corrected chi connectivity index (χ2v) is 9.17. The van der Waals surface area contributed by atoms with Gasteiger partial charge in [0.05, 0.1) is 11.7 Å². The summed E-state index contributed by atoms with van der Waals surface area (Å²) in [5, 5.41) is 6.22. The van der Waals surface area contributed by atoms with Crippen molar-refractivity contribution in [3.8, 4) is 5.75 Å². The first-order valence-electron chi connectivity index (χ1n) is 11.8. The Labute approximate surface area is 203 Å². The topological polar surface area (TPSA) is 101 Å². The third kappa shape index (κ3) is 5.36. The number of hydrogen-bond donors (Lipinski definition) is 2. The standard InChI is InChI=1S/C25H31FN6O3/c1-15(2)32-20-6-5-18(11-17(20)12-21(24(32)34)35-14-22(33)27-4)29-23-19(26)13-28-25(30-23)31-9-7-16(3)8-10-31/h5-6,11-13,15-16H,7-10,14H2,1-4H3,(H,27,33)(H,28,29,30). The third-order valence-electron chi connectivity index (χ3n) is 6.22. The Morgan fingerprint density at radius 3 is 2.69 bits per heavy atom. The summed E-state index contributed by atoms with van der Waals surface area (Å²) in [6.07, 6.45) is 3.29. The molecular weight excluding hydrogens is 451 g/mol. The van der Waals surface area contributed by atoms with Gasteiger partial charge in [0.15, 0.2) is 24.0 Å². The lowest BCUT2D eigenvalue weighted by Crippen LogP contribution is -2.34.